The number of nitrogens with zero attached hydrogens (tertiary/aromatic N) is 2. The first kappa shape index (κ1) is 13.0. The lowest BCUT2D eigenvalue weighted by Gasteiger charge is -2.14. The number of fused-ring (bicyclic) bond motifs is 3. The molecule has 2 aromatic carbocycles. The molecule has 0 fully saturated rings. The van der Waals surface area contributed by atoms with Crippen molar-refractivity contribution in [2.75, 3.05) is 7.11 Å². The molecule has 1 aromatic heterocycles. The van der Waals surface area contributed by atoms with Gasteiger partial charge in [0.25, 0.3) is 0 Å². The summed E-state index contributed by atoms with van der Waals surface area (Å²) >= 11 is 0. The third-order valence-corrected chi connectivity index (χ3v) is 4.08. The lowest BCUT2D eigenvalue weighted by molar-refractivity contribution is 0.414. The molecular formula is C18H13FN2O. The maximum atomic E-state index is 13.2. The van der Waals surface area contributed by atoms with Crippen LogP contribution < -0.4 is 4.74 Å². The molecule has 0 amide bonds. The minimum Gasteiger partial charge on any atom is -0.497 e. The maximum absolute atomic E-state index is 13.2. The molecule has 0 saturated carbocycles. The molecule has 0 N–H and O–H groups in total. The van der Waals surface area contributed by atoms with E-state index in [2.05, 4.69) is 9.97 Å². The van der Waals surface area contributed by atoms with Gasteiger partial charge in [-0.15, -0.1) is 0 Å². The summed E-state index contributed by atoms with van der Waals surface area (Å²) in [5.74, 6) is 0.561. The van der Waals surface area contributed by atoms with E-state index in [0.717, 1.165) is 33.7 Å². The van der Waals surface area contributed by atoms with Crippen LogP contribution >= 0.6 is 0 Å². The first-order valence-electron chi connectivity index (χ1n) is 7.01. The van der Waals surface area contributed by atoms with Gasteiger partial charge in [-0.2, -0.15) is 0 Å². The Balaban J connectivity index is 1.96. The second-order valence-corrected chi connectivity index (χ2v) is 5.26. The van der Waals surface area contributed by atoms with Crippen LogP contribution in [0.15, 0.2) is 55.0 Å². The van der Waals surface area contributed by atoms with Crippen LogP contribution in [0.1, 0.15) is 22.6 Å². The second kappa shape index (κ2) is 4.91. The summed E-state index contributed by atoms with van der Waals surface area (Å²) in [6.45, 7) is 0. The van der Waals surface area contributed by atoms with Gasteiger partial charge in [0.1, 0.15) is 17.9 Å². The number of methoxy groups -OCH3 is 1. The summed E-state index contributed by atoms with van der Waals surface area (Å²) in [6.07, 6.45) is 3.39. The SMILES string of the molecule is COc1ccc2c(c1)C(c1ccc(F)cc1)c1cncnc1-2. The predicted octanol–water partition coefficient (Wildman–Crippen LogP) is 3.78. The van der Waals surface area contributed by atoms with Crippen molar-refractivity contribution in [1.29, 1.82) is 0 Å². The van der Waals surface area contributed by atoms with Crippen molar-refractivity contribution < 1.29 is 9.13 Å². The number of aromatic nitrogens is 2. The van der Waals surface area contributed by atoms with Crippen molar-refractivity contribution >= 4 is 0 Å². The highest BCUT2D eigenvalue weighted by molar-refractivity contribution is 5.78. The molecular weight excluding hydrogens is 279 g/mol. The molecule has 1 unspecified atom stereocenters. The Morgan fingerprint density at radius 2 is 1.86 bits per heavy atom. The molecule has 0 radical (unpaired) electrons. The summed E-state index contributed by atoms with van der Waals surface area (Å²) in [5.41, 5.74) is 5.18. The third-order valence-electron chi connectivity index (χ3n) is 4.08. The van der Waals surface area contributed by atoms with Crippen LogP contribution in [0.4, 0.5) is 4.39 Å². The zero-order valence-corrected chi connectivity index (χ0v) is 12.0. The Morgan fingerprint density at radius 1 is 1.05 bits per heavy atom. The Labute approximate surface area is 127 Å². The van der Waals surface area contributed by atoms with Crippen LogP contribution in [0.25, 0.3) is 11.3 Å². The quantitative estimate of drug-likeness (QED) is 0.564. The van der Waals surface area contributed by atoms with E-state index in [0.29, 0.717) is 0 Å². The summed E-state index contributed by atoms with van der Waals surface area (Å²) in [7, 11) is 1.65. The second-order valence-electron chi connectivity index (χ2n) is 5.26. The molecule has 1 aliphatic carbocycles. The van der Waals surface area contributed by atoms with Gasteiger partial charge in [-0.1, -0.05) is 12.1 Å². The van der Waals surface area contributed by atoms with Gasteiger partial charge >= 0.3 is 0 Å². The van der Waals surface area contributed by atoms with Crippen molar-refractivity contribution in [1.82, 2.24) is 9.97 Å². The van der Waals surface area contributed by atoms with Crippen LogP contribution in [0.5, 0.6) is 5.75 Å². The molecule has 0 aliphatic heterocycles. The first-order chi connectivity index (χ1) is 10.8. The lowest BCUT2D eigenvalue weighted by Crippen LogP contribution is -2.00. The Morgan fingerprint density at radius 3 is 2.64 bits per heavy atom. The van der Waals surface area contributed by atoms with Crippen molar-refractivity contribution in [2.45, 2.75) is 5.92 Å². The first-order valence-corrected chi connectivity index (χ1v) is 7.01. The number of benzene rings is 2. The molecule has 0 bridgehead atoms. The van der Waals surface area contributed by atoms with Crippen molar-refractivity contribution in [3.8, 4) is 17.0 Å². The topological polar surface area (TPSA) is 35.0 Å². The molecule has 0 saturated heterocycles. The highest BCUT2D eigenvalue weighted by Gasteiger charge is 2.31. The Hall–Kier alpha value is -2.75. The van der Waals surface area contributed by atoms with Crippen LogP contribution in [0, 0.1) is 5.82 Å². The molecule has 3 aromatic rings. The highest BCUT2D eigenvalue weighted by Crippen LogP contribution is 2.47. The van der Waals surface area contributed by atoms with Crippen molar-refractivity contribution in [2.24, 2.45) is 0 Å². The number of ether oxygens (including phenoxy) is 1. The van der Waals surface area contributed by atoms with Gasteiger partial charge in [0, 0.05) is 23.2 Å². The maximum Gasteiger partial charge on any atom is 0.123 e. The van der Waals surface area contributed by atoms with E-state index in [1.165, 1.54) is 12.1 Å². The molecule has 1 heterocycles. The van der Waals surface area contributed by atoms with Gasteiger partial charge in [-0.25, -0.2) is 14.4 Å². The van der Waals surface area contributed by atoms with Gasteiger partial charge in [-0.3, -0.25) is 0 Å². The summed E-state index contributed by atoms with van der Waals surface area (Å²) in [4.78, 5) is 8.58. The van der Waals surface area contributed by atoms with Crippen LogP contribution in [0.2, 0.25) is 0 Å². The summed E-state index contributed by atoms with van der Waals surface area (Å²) in [5, 5.41) is 0. The fraction of sp³-hybridized carbons (Fsp3) is 0.111. The van der Waals surface area contributed by atoms with E-state index in [9.17, 15) is 4.39 Å². The predicted molar refractivity (Wildman–Crippen MR) is 81.4 cm³/mol. The van der Waals surface area contributed by atoms with Crippen LogP contribution in [0.3, 0.4) is 0 Å². The number of halogens is 1. The fourth-order valence-corrected chi connectivity index (χ4v) is 3.08. The van der Waals surface area contributed by atoms with E-state index in [4.69, 9.17) is 4.74 Å². The van der Waals surface area contributed by atoms with Gasteiger partial charge in [0.05, 0.1) is 12.8 Å². The van der Waals surface area contributed by atoms with Gasteiger partial charge in [0.15, 0.2) is 0 Å². The molecule has 22 heavy (non-hydrogen) atoms. The lowest BCUT2D eigenvalue weighted by atomic mass is 9.90. The van der Waals surface area contributed by atoms with Gasteiger partial charge in [0.2, 0.25) is 0 Å². The number of rotatable bonds is 2. The zero-order chi connectivity index (χ0) is 15.1. The van der Waals surface area contributed by atoms with Gasteiger partial charge < -0.3 is 4.74 Å². The third kappa shape index (κ3) is 1.88. The fourth-order valence-electron chi connectivity index (χ4n) is 3.08. The monoisotopic (exact) mass is 292 g/mol. The largest absolute Gasteiger partial charge is 0.497 e. The normalized spacial score (nSPS) is 15.3. The molecule has 1 atom stereocenters. The summed E-state index contributed by atoms with van der Waals surface area (Å²) < 4.78 is 18.6. The molecule has 4 rings (SSSR count). The minimum atomic E-state index is -0.239. The zero-order valence-electron chi connectivity index (χ0n) is 12.0. The minimum absolute atomic E-state index is 0.00176. The van der Waals surface area contributed by atoms with E-state index in [-0.39, 0.29) is 11.7 Å². The molecule has 1 aliphatic rings. The number of hydrogen-bond donors (Lipinski definition) is 0. The van der Waals surface area contributed by atoms with E-state index < -0.39 is 0 Å². The highest BCUT2D eigenvalue weighted by atomic mass is 19.1. The Bertz CT molecular complexity index is 846. The van der Waals surface area contributed by atoms with Crippen molar-refractivity contribution in [3.63, 3.8) is 0 Å². The molecule has 4 heteroatoms. The standard InChI is InChI=1S/C18H13FN2O/c1-22-13-6-7-14-15(8-13)17(11-2-4-12(19)5-3-11)16-9-20-10-21-18(14)16/h2-10,17H,1H3. The van der Waals surface area contributed by atoms with E-state index >= 15 is 0 Å². The summed E-state index contributed by atoms with van der Waals surface area (Å²) in [6, 6.07) is 12.6. The average Bonchev–Trinajstić information content (AvgIpc) is 2.89. The molecule has 108 valence electrons. The molecule has 0 spiro atoms. The average molecular weight is 292 g/mol. The van der Waals surface area contributed by atoms with E-state index in [1.54, 1.807) is 13.4 Å². The Kier molecular flexibility index (Phi) is 2.89. The van der Waals surface area contributed by atoms with Crippen LogP contribution in [-0.4, -0.2) is 17.1 Å². The van der Waals surface area contributed by atoms with Crippen molar-refractivity contribution in [3.05, 3.63) is 77.5 Å². The van der Waals surface area contributed by atoms with E-state index in [1.807, 2.05) is 36.5 Å². The molecule has 3 nitrogen and oxygen atoms in total. The smallest absolute Gasteiger partial charge is 0.123 e. The number of hydrogen-bond acceptors (Lipinski definition) is 3. The van der Waals surface area contributed by atoms with Gasteiger partial charge in [-0.05, 0) is 41.5 Å². The van der Waals surface area contributed by atoms with Crippen LogP contribution in [-0.2, 0) is 0 Å².